The van der Waals surface area contributed by atoms with Crippen LogP contribution in [0.3, 0.4) is 0 Å². The summed E-state index contributed by atoms with van der Waals surface area (Å²) < 4.78 is 18.9. The van der Waals surface area contributed by atoms with Crippen LogP contribution in [0.1, 0.15) is 39.3 Å². The molecule has 3 heterocycles. The molecule has 3 amide bonds. The Balaban J connectivity index is 1.29. The number of benzene rings is 1. The summed E-state index contributed by atoms with van der Waals surface area (Å²) in [6.45, 7) is 1.53. The van der Waals surface area contributed by atoms with Crippen LogP contribution in [-0.2, 0) is 6.54 Å². The average Bonchev–Trinajstić information content (AvgIpc) is 3.46. The number of hydrogen-bond acceptors (Lipinski definition) is 6. The molecule has 0 aliphatic carbocycles. The van der Waals surface area contributed by atoms with Gasteiger partial charge in [0.15, 0.2) is 0 Å². The normalized spacial score (nSPS) is 14.5. The molecule has 4 rings (SSSR count). The molecule has 1 aliphatic heterocycles. The van der Waals surface area contributed by atoms with Gasteiger partial charge < -0.3 is 20.0 Å². The number of likely N-dealkylation sites (tertiary alicyclic amines) is 1. The number of urea groups is 1. The van der Waals surface area contributed by atoms with Crippen LogP contribution < -0.4 is 10.6 Å². The molecule has 0 saturated carbocycles. The number of carbonyl (C=O) groups excluding carboxylic acids is 2. The molecule has 1 aliphatic rings. The Morgan fingerprint density at radius 2 is 1.97 bits per heavy atom. The van der Waals surface area contributed by atoms with E-state index in [0.29, 0.717) is 25.4 Å². The molecule has 1 fully saturated rings. The Kier molecular flexibility index (Phi) is 6.03. The van der Waals surface area contributed by atoms with Crippen molar-refractivity contribution in [3.63, 3.8) is 0 Å². The second kappa shape index (κ2) is 9.04. The van der Waals surface area contributed by atoms with Crippen LogP contribution >= 0.6 is 11.3 Å². The van der Waals surface area contributed by atoms with Crippen molar-refractivity contribution in [2.24, 2.45) is 0 Å². The number of hydrogen-bond donors (Lipinski definition) is 2. The number of amides is 3. The van der Waals surface area contributed by atoms with E-state index in [4.69, 9.17) is 4.42 Å². The summed E-state index contributed by atoms with van der Waals surface area (Å²) in [6, 6.07) is 9.41. The largest absolute Gasteiger partial charge is 0.467 e. The highest BCUT2D eigenvalue weighted by Crippen LogP contribution is 2.30. The first-order valence-corrected chi connectivity index (χ1v) is 10.4. The number of piperidine rings is 1. The molecule has 1 aromatic carbocycles. The molecule has 0 unspecified atom stereocenters. The average molecular weight is 429 g/mol. The van der Waals surface area contributed by atoms with E-state index < -0.39 is 11.7 Å². The molecule has 0 bridgehead atoms. The maximum atomic E-state index is 13.7. The zero-order valence-electron chi connectivity index (χ0n) is 16.0. The third-order valence-electron chi connectivity index (χ3n) is 4.88. The summed E-state index contributed by atoms with van der Waals surface area (Å²) in [5.74, 6) is -0.160. The molecule has 0 radical (unpaired) electrons. The smallest absolute Gasteiger partial charge is 0.317 e. The van der Waals surface area contributed by atoms with Gasteiger partial charge in [-0.1, -0.05) is 23.5 Å². The highest BCUT2D eigenvalue weighted by molar-refractivity contribution is 7.13. The van der Waals surface area contributed by atoms with Crippen molar-refractivity contribution >= 4 is 29.0 Å². The first kappa shape index (κ1) is 20.0. The van der Waals surface area contributed by atoms with Gasteiger partial charge in [-0.05, 0) is 37.1 Å². The Bertz CT molecular complexity index is 1020. The van der Waals surface area contributed by atoms with Crippen LogP contribution in [-0.4, -0.2) is 40.1 Å². The van der Waals surface area contributed by atoms with Gasteiger partial charge in [-0.25, -0.2) is 9.18 Å². The van der Waals surface area contributed by atoms with E-state index in [1.807, 2.05) is 6.07 Å². The number of halogens is 1. The maximum Gasteiger partial charge on any atom is 0.317 e. The highest BCUT2D eigenvalue weighted by atomic mass is 32.1. The lowest BCUT2D eigenvalue weighted by Gasteiger charge is -2.30. The number of nitrogens with one attached hydrogen (secondary N) is 2. The second-order valence-corrected chi connectivity index (χ2v) is 7.89. The van der Waals surface area contributed by atoms with Crippen LogP contribution in [0.4, 0.5) is 14.9 Å². The first-order valence-electron chi connectivity index (χ1n) is 9.54. The number of nitrogens with zero attached hydrogens (tertiary/aromatic N) is 3. The molecule has 3 aromatic rings. The molecule has 0 spiro atoms. The van der Waals surface area contributed by atoms with Crippen LogP contribution in [0.2, 0.25) is 0 Å². The second-order valence-electron chi connectivity index (χ2n) is 6.88. The number of carbonyl (C=O) groups is 2. The fraction of sp³-hybridized carbons (Fsp3) is 0.300. The van der Waals surface area contributed by atoms with Crippen LogP contribution in [0.5, 0.6) is 0 Å². The summed E-state index contributed by atoms with van der Waals surface area (Å²) >= 11 is 1.20. The van der Waals surface area contributed by atoms with Gasteiger partial charge >= 0.3 is 6.03 Å². The maximum absolute atomic E-state index is 13.7. The molecular weight excluding hydrogens is 409 g/mol. The van der Waals surface area contributed by atoms with E-state index in [9.17, 15) is 14.0 Å². The molecule has 0 atom stereocenters. The summed E-state index contributed by atoms with van der Waals surface area (Å²) in [6.07, 6.45) is 3.04. The lowest BCUT2D eigenvalue weighted by atomic mass is 9.98. The van der Waals surface area contributed by atoms with E-state index >= 15 is 0 Å². The van der Waals surface area contributed by atoms with Gasteiger partial charge in [-0.3, -0.25) is 4.79 Å². The fourth-order valence-electron chi connectivity index (χ4n) is 3.25. The van der Waals surface area contributed by atoms with Gasteiger partial charge in [0.05, 0.1) is 18.5 Å². The zero-order chi connectivity index (χ0) is 20.9. The molecular formula is C20H20FN5O3S. The van der Waals surface area contributed by atoms with Crippen LogP contribution in [0.15, 0.2) is 47.1 Å². The number of anilines is 1. The van der Waals surface area contributed by atoms with Crippen molar-refractivity contribution in [1.29, 1.82) is 0 Å². The molecule has 30 heavy (non-hydrogen) atoms. The Hall–Kier alpha value is -3.27. The SMILES string of the molecule is O=C(Nc1ccccc1F)c1nnc(C2CCN(C(=O)NCc3ccco3)CC2)s1. The third kappa shape index (κ3) is 4.65. The topological polar surface area (TPSA) is 100 Å². The Morgan fingerprint density at radius 1 is 1.17 bits per heavy atom. The minimum absolute atomic E-state index is 0.105. The monoisotopic (exact) mass is 429 g/mol. The predicted molar refractivity (Wildman–Crippen MR) is 109 cm³/mol. The van der Waals surface area contributed by atoms with Crippen molar-refractivity contribution in [3.05, 3.63) is 64.3 Å². The van der Waals surface area contributed by atoms with Crippen molar-refractivity contribution in [3.8, 4) is 0 Å². The van der Waals surface area contributed by atoms with E-state index in [1.165, 1.54) is 23.5 Å². The van der Waals surface area contributed by atoms with Crippen molar-refractivity contribution in [2.75, 3.05) is 18.4 Å². The van der Waals surface area contributed by atoms with E-state index in [2.05, 4.69) is 20.8 Å². The van der Waals surface area contributed by atoms with Gasteiger partial charge in [0.1, 0.15) is 16.6 Å². The minimum Gasteiger partial charge on any atom is -0.467 e. The first-order chi connectivity index (χ1) is 14.6. The summed E-state index contributed by atoms with van der Waals surface area (Å²) in [7, 11) is 0. The minimum atomic E-state index is -0.506. The van der Waals surface area contributed by atoms with Crippen molar-refractivity contribution < 1.29 is 18.4 Å². The standard InChI is InChI=1S/C20H20FN5O3S/c21-15-5-1-2-6-16(15)23-17(27)19-25-24-18(30-19)13-7-9-26(10-8-13)20(28)22-12-14-4-3-11-29-14/h1-6,11,13H,7-10,12H2,(H,22,28)(H,23,27). The van der Waals surface area contributed by atoms with E-state index in [0.717, 1.165) is 17.8 Å². The van der Waals surface area contributed by atoms with E-state index in [1.54, 1.807) is 29.4 Å². The number of furan rings is 1. The summed E-state index contributed by atoms with van der Waals surface area (Å²) in [5.41, 5.74) is 0.105. The summed E-state index contributed by atoms with van der Waals surface area (Å²) in [4.78, 5) is 26.4. The lowest BCUT2D eigenvalue weighted by molar-refractivity contribution is 0.102. The third-order valence-corrected chi connectivity index (χ3v) is 5.97. The highest BCUT2D eigenvalue weighted by Gasteiger charge is 2.27. The van der Waals surface area contributed by atoms with E-state index in [-0.39, 0.29) is 22.6 Å². The quantitative estimate of drug-likeness (QED) is 0.645. The molecule has 8 nitrogen and oxygen atoms in total. The van der Waals surface area contributed by atoms with Gasteiger partial charge in [0.25, 0.3) is 5.91 Å². The molecule has 2 N–H and O–H groups in total. The van der Waals surface area contributed by atoms with Gasteiger partial charge in [-0.15, -0.1) is 10.2 Å². The van der Waals surface area contributed by atoms with Crippen molar-refractivity contribution in [1.82, 2.24) is 20.4 Å². The molecule has 1 saturated heterocycles. The Morgan fingerprint density at radius 3 is 2.70 bits per heavy atom. The van der Waals surface area contributed by atoms with Gasteiger partial charge in [0.2, 0.25) is 5.01 Å². The lowest BCUT2D eigenvalue weighted by Crippen LogP contribution is -2.43. The molecule has 10 heteroatoms. The predicted octanol–water partition coefficient (Wildman–Crippen LogP) is 3.61. The zero-order valence-corrected chi connectivity index (χ0v) is 16.8. The molecule has 2 aromatic heterocycles. The summed E-state index contributed by atoms with van der Waals surface area (Å²) in [5, 5.41) is 14.4. The fourth-order valence-corrected chi connectivity index (χ4v) is 4.15. The number of para-hydroxylation sites is 1. The van der Waals surface area contributed by atoms with Gasteiger partial charge in [-0.2, -0.15) is 0 Å². The van der Waals surface area contributed by atoms with Crippen LogP contribution in [0, 0.1) is 5.82 Å². The van der Waals surface area contributed by atoms with Crippen LogP contribution in [0.25, 0.3) is 0 Å². The Labute approximate surface area is 176 Å². The van der Waals surface area contributed by atoms with Gasteiger partial charge in [0, 0.05) is 19.0 Å². The van der Waals surface area contributed by atoms with Crippen molar-refractivity contribution in [2.45, 2.75) is 25.3 Å². The number of aromatic nitrogens is 2. The number of rotatable bonds is 5. The molecule has 156 valence electrons.